The van der Waals surface area contributed by atoms with E-state index in [1.165, 1.54) is 14.2 Å². The van der Waals surface area contributed by atoms with Crippen molar-refractivity contribution in [2.45, 2.75) is 45.1 Å². The van der Waals surface area contributed by atoms with E-state index in [0.717, 1.165) is 0 Å². The first-order chi connectivity index (χ1) is 16.7. The number of carbonyl (C=O) groups excluding carboxylic acids is 2. The van der Waals surface area contributed by atoms with Crippen LogP contribution in [0.3, 0.4) is 0 Å². The third-order valence-electron chi connectivity index (χ3n) is 7.55. The lowest BCUT2D eigenvalue weighted by Gasteiger charge is -2.51. The number of amides is 1. The van der Waals surface area contributed by atoms with E-state index in [1.807, 2.05) is 0 Å². The summed E-state index contributed by atoms with van der Waals surface area (Å²) in [5, 5.41) is 2.64. The number of hydrogen-bond donors (Lipinski definition) is 1. The molecule has 0 aliphatic heterocycles. The zero-order valence-electron chi connectivity index (χ0n) is 19.7. The summed E-state index contributed by atoms with van der Waals surface area (Å²) >= 11 is 0. The molecule has 6 nitrogen and oxygen atoms in total. The summed E-state index contributed by atoms with van der Waals surface area (Å²) in [5.74, 6) is -5.56. The van der Waals surface area contributed by atoms with E-state index in [0.29, 0.717) is 55.9 Å². The Morgan fingerprint density at radius 2 is 1.57 bits per heavy atom. The fourth-order valence-corrected chi connectivity index (χ4v) is 5.17. The maximum Gasteiger partial charge on any atom is 0.311 e. The molecule has 0 heterocycles. The zero-order valence-corrected chi connectivity index (χ0v) is 19.7. The van der Waals surface area contributed by atoms with Crippen LogP contribution in [-0.2, 0) is 16.1 Å². The molecule has 2 aromatic rings. The number of esters is 1. The summed E-state index contributed by atoms with van der Waals surface area (Å²) in [4.78, 5) is 24.8. The Morgan fingerprint density at radius 3 is 2.14 bits per heavy atom. The van der Waals surface area contributed by atoms with Crippen molar-refractivity contribution in [2.24, 2.45) is 10.8 Å². The molecule has 0 aromatic heterocycles. The van der Waals surface area contributed by atoms with Crippen LogP contribution in [0.1, 0.15) is 54.4 Å². The van der Waals surface area contributed by atoms with Crippen LogP contribution in [0.4, 0.5) is 13.2 Å². The van der Waals surface area contributed by atoms with E-state index in [2.05, 4.69) is 5.32 Å². The van der Waals surface area contributed by atoms with Gasteiger partial charge in [0.25, 0.3) is 5.91 Å². The number of benzene rings is 2. The molecule has 5 rings (SSSR count). The van der Waals surface area contributed by atoms with E-state index < -0.39 is 40.1 Å². The number of nitrogens with one attached hydrogen (secondary N) is 1. The molecule has 2 aromatic carbocycles. The number of fused-ring (bicyclic) bond motifs is 3. The number of hydrogen-bond acceptors (Lipinski definition) is 5. The van der Waals surface area contributed by atoms with Gasteiger partial charge in [-0.05, 0) is 67.7 Å². The van der Waals surface area contributed by atoms with Crippen molar-refractivity contribution in [2.75, 3.05) is 20.8 Å². The Balaban J connectivity index is 1.40. The van der Waals surface area contributed by atoms with Crippen LogP contribution >= 0.6 is 0 Å². The predicted octanol–water partition coefficient (Wildman–Crippen LogP) is 4.93. The van der Waals surface area contributed by atoms with Crippen molar-refractivity contribution in [1.29, 1.82) is 0 Å². The van der Waals surface area contributed by atoms with Crippen LogP contribution in [-0.4, -0.2) is 32.6 Å². The van der Waals surface area contributed by atoms with Gasteiger partial charge in [0.05, 0.1) is 25.2 Å². The first-order valence-corrected chi connectivity index (χ1v) is 11.5. The molecule has 3 fully saturated rings. The number of ether oxygens (including phenoxy) is 3. The third-order valence-corrected chi connectivity index (χ3v) is 7.55. The van der Waals surface area contributed by atoms with Crippen molar-refractivity contribution >= 4 is 11.9 Å². The quantitative estimate of drug-likeness (QED) is 0.419. The molecular formula is C26H28F3NO5. The van der Waals surface area contributed by atoms with Gasteiger partial charge in [-0.25, -0.2) is 8.78 Å². The van der Waals surface area contributed by atoms with Gasteiger partial charge >= 0.3 is 5.97 Å². The standard InChI is InChI=1S/C26H28F3NO5/c1-33-17-5-3-16(4-6-17)14-35-22-19(27)13-18(20(28)21(22)29)23(31)30-15-25-7-10-26(11-8-25,12-9-25)24(32)34-2/h3-6,13H,7-12,14-15H2,1-2H3,(H,30,31). The molecule has 0 atom stereocenters. The Kier molecular flexibility index (Phi) is 6.96. The smallest absolute Gasteiger partial charge is 0.311 e. The molecule has 2 bridgehead atoms. The maximum absolute atomic E-state index is 14.7. The molecule has 1 N–H and O–H groups in total. The Bertz CT molecular complexity index is 1090. The van der Waals surface area contributed by atoms with Gasteiger partial charge in [-0.2, -0.15) is 4.39 Å². The summed E-state index contributed by atoms with van der Waals surface area (Å²) in [6, 6.07) is 7.27. The monoisotopic (exact) mass is 491 g/mol. The topological polar surface area (TPSA) is 73.9 Å². The largest absolute Gasteiger partial charge is 0.497 e. The average Bonchev–Trinajstić information content (AvgIpc) is 2.90. The molecule has 1 amide bonds. The molecule has 0 radical (unpaired) electrons. The van der Waals surface area contributed by atoms with Gasteiger partial charge in [0.1, 0.15) is 12.4 Å². The summed E-state index contributed by atoms with van der Waals surface area (Å²) < 4.78 is 59.1. The molecule has 0 spiro atoms. The van der Waals surface area contributed by atoms with Crippen molar-refractivity contribution in [1.82, 2.24) is 5.32 Å². The molecule has 3 saturated carbocycles. The second-order valence-electron chi connectivity index (χ2n) is 9.45. The fourth-order valence-electron chi connectivity index (χ4n) is 5.17. The maximum atomic E-state index is 14.7. The van der Waals surface area contributed by atoms with Gasteiger partial charge in [-0.1, -0.05) is 12.1 Å². The minimum atomic E-state index is -1.56. The summed E-state index contributed by atoms with van der Waals surface area (Å²) in [5.41, 5.74) is -0.799. The highest BCUT2D eigenvalue weighted by atomic mass is 19.2. The summed E-state index contributed by atoms with van der Waals surface area (Å²) in [6.45, 7) is 0.0416. The number of halogens is 3. The minimum absolute atomic E-state index is 0.196. The summed E-state index contributed by atoms with van der Waals surface area (Å²) in [7, 11) is 2.90. The second kappa shape index (κ2) is 9.79. The van der Waals surface area contributed by atoms with E-state index in [9.17, 15) is 22.8 Å². The van der Waals surface area contributed by atoms with E-state index in [4.69, 9.17) is 14.2 Å². The molecule has 0 unspecified atom stereocenters. The van der Waals surface area contributed by atoms with Gasteiger partial charge in [-0.3, -0.25) is 9.59 Å². The van der Waals surface area contributed by atoms with Crippen LogP contribution in [0.5, 0.6) is 11.5 Å². The van der Waals surface area contributed by atoms with E-state index in [1.54, 1.807) is 24.3 Å². The van der Waals surface area contributed by atoms with E-state index >= 15 is 0 Å². The zero-order chi connectivity index (χ0) is 25.2. The highest BCUT2D eigenvalue weighted by Gasteiger charge is 2.53. The first-order valence-electron chi connectivity index (χ1n) is 11.5. The lowest BCUT2D eigenvalue weighted by molar-refractivity contribution is -0.162. The van der Waals surface area contributed by atoms with Gasteiger partial charge in [-0.15, -0.1) is 0 Å². The highest BCUT2D eigenvalue weighted by molar-refractivity contribution is 5.94. The molecule has 188 valence electrons. The van der Waals surface area contributed by atoms with Gasteiger partial charge in [0.2, 0.25) is 5.82 Å². The molecule has 9 heteroatoms. The normalized spacial score (nSPS) is 23.0. The number of methoxy groups -OCH3 is 2. The lowest BCUT2D eigenvalue weighted by Crippen LogP contribution is -2.50. The molecule has 0 saturated heterocycles. The van der Waals surface area contributed by atoms with Crippen LogP contribution < -0.4 is 14.8 Å². The van der Waals surface area contributed by atoms with Crippen LogP contribution in [0, 0.1) is 28.3 Å². The highest BCUT2D eigenvalue weighted by Crippen LogP contribution is 2.57. The second-order valence-corrected chi connectivity index (χ2v) is 9.45. The van der Waals surface area contributed by atoms with Crippen LogP contribution in [0.25, 0.3) is 0 Å². The Hall–Kier alpha value is -3.23. The van der Waals surface area contributed by atoms with Crippen molar-refractivity contribution in [3.05, 3.63) is 58.9 Å². The molecular weight excluding hydrogens is 463 g/mol. The average molecular weight is 492 g/mol. The van der Waals surface area contributed by atoms with Crippen LogP contribution in [0.15, 0.2) is 30.3 Å². The summed E-state index contributed by atoms with van der Waals surface area (Å²) in [6.07, 6.45) is 4.12. The minimum Gasteiger partial charge on any atom is -0.497 e. The van der Waals surface area contributed by atoms with Crippen molar-refractivity contribution in [3.8, 4) is 11.5 Å². The van der Waals surface area contributed by atoms with Crippen molar-refractivity contribution in [3.63, 3.8) is 0 Å². The molecule has 3 aliphatic carbocycles. The predicted molar refractivity (Wildman–Crippen MR) is 121 cm³/mol. The van der Waals surface area contributed by atoms with E-state index in [-0.39, 0.29) is 24.5 Å². The molecule has 3 aliphatic rings. The van der Waals surface area contributed by atoms with Gasteiger partial charge < -0.3 is 19.5 Å². The third kappa shape index (κ3) is 4.81. The first kappa shape index (κ1) is 24.9. The van der Waals surface area contributed by atoms with Crippen molar-refractivity contribution < 1.29 is 37.0 Å². The SMILES string of the molecule is COC(=O)C12CCC(CNC(=O)c3cc(F)c(OCc4ccc(OC)cc4)c(F)c3F)(CC1)CC2. The van der Waals surface area contributed by atoms with Gasteiger partial charge in [0.15, 0.2) is 17.4 Å². The Morgan fingerprint density at radius 1 is 0.943 bits per heavy atom. The van der Waals surface area contributed by atoms with Gasteiger partial charge in [0, 0.05) is 6.54 Å². The van der Waals surface area contributed by atoms with Crippen LogP contribution in [0.2, 0.25) is 0 Å². The Labute approximate surface area is 201 Å². The fraction of sp³-hybridized carbons (Fsp3) is 0.462. The molecule has 35 heavy (non-hydrogen) atoms. The lowest BCUT2D eigenvalue weighted by atomic mass is 9.53. The number of rotatable bonds is 8. The number of carbonyl (C=O) groups is 2.